The molecule has 0 radical (unpaired) electrons. The molecule has 0 aromatic rings. The Morgan fingerprint density at radius 2 is 2.00 bits per heavy atom. The molecule has 0 spiro atoms. The van der Waals surface area contributed by atoms with E-state index in [0.29, 0.717) is 0 Å². The second-order valence-electron chi connectivity index (χ2n) is 6.81. The number of aliphatic carboxylic acids is 1. The summed E-state index contributed by atoms with van der Waals surface area (Å²) in [5.41, 5.74) is 3.25. The predicted molar refractivity (Wildman–Crippen MR) is 91.7 cm³/mol. The van der Waals surface area contributed by atoms with E-state index in [-0.39, 0.29) is 25.4 Å². The second-order valence-corrected chi connectivity index (χ2v) is 11.6. The normalized spacial score (nSPS) is 24.0. The van der Waals surface area contributed by atoms with Gasteiger partial charge in [0.2, 0.25) is 0 Å². The zero-order valence-electron chi connectivity index (χ0n) is 14.5. The van der Waals surface area contributed by atoms with Crippen LogP contribution in [0.4, 0.5) is 0 Å². The van der Waals surface area contributed by atoms with Crippen molar-refractivity contribution in [1.82, 2.24) is 0 Å². The van der Waals surface area contributed by atoms with Crippen LogP contribution in [0.5, 0.6) is 0 Å². The van der Waals surface area contributed by atoms with Gasteiger partial charge in [-0.15, -0.1) is 5.54 Å². The molecule has 0 aromatic heterocycles. The molecule has 1 aliphatic heterocycles. The Hall–Kier alpha value is -1.39. The Balaban J connectivity index is 2.56. The molecule has 0 amide bonds. The fraction of sp³-hybridized carbons (Fsp3) is 0.588. The summed E-state index contributed by atoms with van der Waals surface area (Å²) in [6, 6.07) is 0. The minimum Gasteiger partial charge on any atom is -0.480 e. The van der Waals surface area contributed by atoms with Crippen LogP contribution in [-0.4, -0.2) is 50.4 Å². The summed E-state index contributed by atoms with van der Waals surface area (Å²) >= 11 is 0. The van der Waals surface area contributed by atoms with E-state index in [0.717, 1.165) is 0 Å². The Morgan fingerprint density at radius 1 is 1.30 bits per heavy atom. The first-order valence-corrected chi connectivity index (χ1v) is 11.1. The molecule has 6 heteroatoms. The summed E-state index contributed by atoms with van der Waals surface area (Å²) in [6.45, 7) is 10.0. The summed E-state index contributed by atoms with van der Waals surface area (Å²) < 4.78 is 16.6. The van der Waals surface area contributed by atoms with Gasteiger partial charge in [-0.05, 0) is 19.9 Å². The highest BCUT2D eigenvalue weighted by Gasteiger charge is 2.39. The SMILES string of the molecule is CC1(C)O[C@@H](COCC(=O)O)[C@@H](C=CC=CC#C[Si](C)(C)C)O1. The highest BCUT2D eigenvalue weighted by atomic mass is 28.3. The fourth-order valence-electron chi connectivity index (χ4n) is 1.95. The summed E-state index contributed by atoms with van der Waals surface area (Å²) in [5, 5.41) is 8.61. The van der Waals surface area contributed by atoms with Crippen LogP contribution < -0.4 is 0 Å². The summed E-state index contributed by atoms with van der Waals surface area (Å²) in [6.07, 6.45) is 6.78. The van der Waals surface area contributed by atoms with Crippen LogP contribution in [0, 0.1) is 11.5 Å². The molecule has 1 N–H and O–H groups in total. The van der Waals surface area contributed by atoms with Gasteiger partial charge < -0.3 is 19.3 Å². The van der Waals surface area contributed by atoms with Gasteiger partial charge in [-0.3, -0.25) is 0 Å². The van der Waals surface area contributed by atoms with E-state index >= 15 is 0 Å². The molecule has 23 heavy (non-hydrogen) atoms. The van der Waals surface area contributed by atoms with E-state index in [2.05, 4.69) is 31.1 Å². The molecule has 0 bridgehead atoms. The molecule has 1 aliphatic rings. The predicted octanol–water partition coefficient (Wildman–Crippen LogP) is 2.60. The minimum atomic E-state index is -1.34. The Bertz CT molecular complexity index is 519. The zero-order chi connectivity index (χ0) is 17.5. The Labute approximate surface area is 139 Å². The lowest BCUT2D eigenvalue weighted by molar-refractivity contribution is -0.152. The maximum Gasteiger partial charge on any atom is 0.329 e. The van der Waals surface area contributed by atoms with E-state index in [1.807, 2.05) is 38.2 Å². The van der Waals surface area contributed by atoms with Gasteiger partial charge in [0.1, 0.15) is 26.9 Å². The van der Waals surface area contributed by atoms with Crippen LogP contribution in [0.3, 0.4) is 0 Å². The molecular formula is C17H26O5Si. The van der Waals surface area contributed by atoms with Crippen LogP contribution >= 0.6 is 0 Å². The molecule has 0 aromatic carbocycles. The van der Waals surface area contributed by atoms with Gasteiger partial charge in [0.15, 0.2) is 5.79 Å². The van der Waals surface area contributed by atoms with Gasteiger partial charge in [0, 0.05) is 0 Å². The molecular weight excluding hydrogens is 312 g/mol. The smallest absolute Gasteiger partial charge is 0.329 e. The van der Waals surface area contributed by atoms with Crippen LogP contribution in [0.2, 0.25) is 19.6 Å². The van der Waals surface area contributed by atoms with Crippen molar-refractivity contribution in [3.8, 4) is 11.5 Å². The highest BCUT2D eigenvalue weighted by molar-refractivity contribution is 6.83. The van der Waals surface area contributed by atoms with Crippen molar-refractivity contribution in [2.75, 3.05) is 13.2 Å². The van der Waals surface area contributed by atoms with Crippen molar-refractivity contribution < 1.29 is 24.1 Å². The topological polar surface area (TPSA) is 65.0 Å². The lowest BCUT2D eigenvalue weighted by Crippen LogP contribution is -2.27. The summed E-state index contributed by atoms with van der Waals surface area (Å²) in [5.74, 6) is 1.33. The van der Waals surface area contributed by atoms with Gasteiger partial charge >= 0.3 is 5.97 Å². The van der Waals surface area contributed by atoms with Crippen molar-refractivity contribution in [1.29, 1.82) is 0 Å². The van der Waals surface area contributed by atoms with Crippen LogP contribution in [0.1, 0.15) is 13.8 Å². The maximum absolute atomic E-state index is 10.5. The van der Waals surface area contributed by atoms with Gasteiger partial charge in [0.05, 0.1) is 6.61 Å². The average molecular weight is 338 g/mol. The minimum absolute atomic E-state index is 0.171. The van der Waals surface area contributed by atoms with Gasteiger partial charge in [0.25, 0.3) is 0 Å². The van der Waals surface area contributed by atoms with Crippen molar-refractivity contribution >= 4 is 14.0 Å². The van der Waals surface area contributed by atoms with E-state index in [4.69, 9.17) is 19.3 Å². The largest absolute Gasteiger partial charge is 0.480 e. The van der Waals surface area contributed by atoms with Crippen molar-refractivity contribution in [3.63, 3.8) is 0 Å². The number of allylic oxidation sites excluding steroid dienone is 3. The molecule has 2 atom stereocenters. The molecule has 1 saturated heterocycles. The second kappa shape index (κ2) is 8.46. The third kappa shape index (κ3) is 8.72. The Kier molecular flexibility index (Phi) is 7.23. The number of hydrogen-bond acceptors (Lipinski definition) is 4. The highest BCUT2D eigenvalue weighted by Crippen LogP contribution is 2.29. The van der Waals surface area contributed by atoms with Crippen molar-refractivity contribution in [2.45, 2.75) is 51.5 Å². The molecule has 1 heterocycles. The zero-order valence-corrected chi connectivity index (χ0v) is 15.5. The fourth-order valence-corrected chi connectivity index (χ4v) is 2.47. The molecule has 1 fully saturated rings. The van der Waals surface area contributed by atoms with Crippen LogP contribution in [0.15, 0.2) is 24.3 Å². The third-order valence-corrected chi connectivity index (χ3v) is 3.66. The van der Waals surface area contributed by atoms with E-state index < -0.39 is 19.8 Å². The maximum atomic E-state index is 10.5. The summed E-state index contributed by atoms with van der Waals surface area (Å²) in [4.78, 5) is 10.5. The van der Waals surface area contributed by atoms with E-state index in [1.165, 1.54) is 0 Å². The quantitative estimate of drug-likeness (QED) is 0.458. The Morgan fingerprint density at radius 3 is 2.61 bits per heavy atom. The monoisotopic (exact) mass is 338 g/mol. The van der Waals surface area contributed by atoms with Crippen molar-refractivity contribution in [3.05, 3.63) is 24.3 Å². The molecule has 5 nitrogen and oxygen atoms in total. The third-order valence-electron chi connectivity index (χ3n) is 2.77. The molecule has 0 unspecified atom stereocenters. The lowest BCUT2D eigenvalue weighted by Gasteiger charge is -2.16. The first-order chi connectivity index (χ1) is 10.6. The number of rotatable bonds is 6. The standard InChI is InChI=1S/C17H26O5Si/c1-17(2)21-14(15(22-17)12-20-13-16(18)19)10-8-6-7-9-11-23(3,4)5/h6-8,10,14-15H,12-13H2,1-5H3,(H,18,19)/t14-,15+/m1/s1. The van der Waals surface area contributed by atoms with Crippen LogP contribution in [0.25, 0.3) is 0 Å². The first kappa shape index (κ1) is 19.7. The summed E-state index contributed by atoms with van der Waals surface area (Å²) in [7, 11) is -1.34. The van der Waals surface area contributed by atoms with E-state index in [1.54, 1.807) is 0 Å². The van der Waals surface area contributed by atoms with E-state index in [9.17, 15) is 4.79 Å². The van der Waals surface area contributed by atoms with Gasteiger partial charge in [-0.2, -0.15) is 0 Å². The number of carbonyl (C=O) groups is 1. The molecule has 1 rings (SSSR count). The number of ether oxygens (including phenoxy) is 3. The number of carboxylic acids is 1. The average Bonchev–Trinajstić information content (AvgIpc) is 2.66. The first-order valence-electron chi connectivity index (χ1n) is 7.60. The van der Waals surface area contributed by atoms with Gasteiger partial charge in [-0.25, -0.2) is 4.79 Å². The van der Waals surface area contributed by atoms with Gasteiger partial charge in [-0.1, -0.05) is 43.8 Å². The molecule has 128 valence electrons. The number of hydrogen-bond donors (Lipinski definition) is 1. The van der Waals surface area contributed by atoms with Crippen LogP contribution in [-0.2, 0) is 19.0 Å². The number of carboxylic acid groups (broad SMARTS) is 1. The molecule has 0 aliphatic carbocycles. The van der Waals surface area contributed by atoms with Crippen molar-refractivity contribution in [2.24, 2.45) is 0 Å². The lowest BCUT2D eigenvalue weighted by atomic mass is 10.2. The molecule has 0 saturated carbocycles.